The van der Waals surface area contributed by atoms with E-state index in [0.29, 0.717) is 0 Å². The lowest BCUT2D eigenvalue weighted by molar-refractivity contribution is -0.232. The first-order valence-corrected chi connectivity index (χ1v) is 10.8. The minimum atomic E-state index is -1.69. The second kappa shape index (κ2) is 6.23. The molecule has 2 heterocycles. The fourth-order valence-corrected chi connectivity index (χ4v) is 5.64. The SMILES string of the molecule is CC[Si](C#C[C@]1(CO)O[C@H]2OC(C)(C)OC2[C@H]1O)(CC)CC. The van der Waals surface area contributed by atoms with Crippen molar-refractivity contribution in [3.8, 4) is 11.5 Å². The van der Waals surface area contributed by atoms with Gasteiger partial charge in [0.2, 0.25) is 0 Å². The summed E-state index contributed by atoms with van der Waals surface area (Å²) in [7, 11) is -1.69. The Labute approximate surface area is 134 Å². The van der Waals surface area contributed by atoms with Crippen molar-refractivity contribution < 1.29 is 24.4 Å². The molecule has 2 fully saturated rings. The molecule has 0 spiro atoms. The molecule has 6 heteroatoms. The van der Waals surface area contributed by atoms with Crippen LogP contribution in [-0.4, -0.2) is 54.8 Å². The van der Waals surface area contributed by atoms with Gasteiger partial charge in [-0.2, -0.15) is 0 Å². The van der Waals surface area contributed by atoms with Crippen molar-refractivity contribution in [2.75, 3.05) is 6.61 Å². The Morgan fingerprint density at radius 3 is 2.09 bits per heavy atom. The Bertz CT molecular complexity index is 457. The van der Waals surface area contributed by atoms with E-state index in [9.17, 15) is 10.2 Å². The highest BCUT2D eigenvalue weighted by atomic mass is 28.3. The van der Waals surface area contributed by atoms with Gasteiger partial charge in [0.15, 0.2) is 17.7 Å². The molecule has 0 aromatic heterocycles. The number of aliphatic hydroxyl groups excluding tert-OH is 2. The molecule has 22 heavy (non-hydrogen) atoms. The maximum atomic E-state index is 10.6. The summed E-state index contributed by atoms with van der Waals surface area (Å²) in [6, 6.07) is 3.16. The van der Waals surface area contributed by atoms with Gasteiger partial charge in [0, 0.05) is 0 Å². The molecule has 2 saturated heterocycles. The predicted octanol–water partition coefficient (Wildman–Crippen LogP) is 1.64. The molecule has 0 aromatic rings. The van der Waals surface area contributed by atoms with E-state index in [2.05, 4.69) is 32.2 Å². The first-order chi connectivity index (χ1) is 10.3. The summed E-state index contributed by atoms with van der Waals surface area (Å²) in [6.07, 6.45) is -2.32. The van der Waals surface area contributed by atoms with Crippen LogP contribution in [0.5, 0.6) is 0 Å². The Hall–Kier alpha value is -0.423. The summed E-state index contributed by atoms with van der Waals surface area (Å²) in [5.74, 6) is 2.28. The number of hydrogen-bond donors (Lipinski definition) is 2. The fourth-order valence-electron chi connectivity index (χ4n) is 3.13. The van der Waals surface area contributed by atoms with Gasteiger partial charge in [-0.25, -0.2) is 0 Å². The van der Waals surface area contributed by atoms with Gasteiger partial charge in [0.1, 0.15) is 20.3 Å². The van der Waals surface area contributed by atoms with Crippen LogP contribution in [0.2, 0.25) is 18.1 Å². The molecule has 1 unspecified atom stereocenters. The molecule has 0 amide bonds. The first kappa shape index (κ1) is 17.9. The van der Waals surface area contributed by atoms with E-state index in [4.69, 9.17) is 14.2 Å². The molecule has 4 atom stereocenters. The maximum Gasteiger partial charge on any atom is 0.192 e. The molecule has 2 rings (SSSR count). The van der Waals surface area contributed by atoms with Crippen LogP contribution in [0.3, 0.4) is 0 Å². The normalized spacial score (nSPS) is 36.8. The van der Waals surface area contributed by atoms with E-state index >= 15 is 0 Å². The van der Waals surface area contributed by atoms with Crippen LogP contribution in [0.4, 0.5) is 0 Å². The first-order valence-electron chi connectivity index (χ1n) is 8.13. The maximum absolute atomic E-state index is 10.6. The lowest BCUT2D eigenvalue weighted by Crippen LogP contribution is -2.47. The zero-order valence-corrected chi connectivity index (χ0v) is 15.2. The van der Waals surface area contributed by atoms with E-state index in [1.54, 1.807) is 13.8 Å². The molecular weight excluding hydrogens is 300 g/mol. The summed E-state index contributed by atoms with van der Waals surface area (Å²) in [6.45, 7) is 9.66. The van der Waals surface area contributed by atoms with Crippen molar-refractivity contribution in [3.05, 3.63) is 0 Å². The van der Waals surface area contributed by atoms with Gasteiger partial charge in [-0.1, -0.05) is 26.7 Å². The highest BCUT2D eigenvalue weighted by Gasteiger charge is 2.61. The molecule has 2 N–H and O–H groups in total. The van der Waals surface area contributed by atoms with Crippen molar-refractivity contribution in [1.29, 1.82) is 0 Å². The summed E-state index contributed by atoms with van der Waals surface area (Å²) in [5.41, 5.74) is 2.09. The largest absolute Gasteiger partial charge is 0.392 e. The van der Waals surface area contributed by atoms with E-state index in [1.807, 2.05) is 0 Å². The highest BCUT2D eigenvalue weighted by molar-refractivity contribution is 6.87. The monoisotopic (exact) mass is 328 g/mol. The minimum absolute atomic E-state index is 0.372. The fraction of sp³-hybridized carbons (Fsp3) is 0.875. The number of ether oxygens (including phenoxy) is 3. The smallest absolute Gasteiger partial charge is 0.192 e. The molecular formula is C16H28O5Si. The minimum Gasteiger partial charge on any atom is -0.392 e. The second-order valence-corrected chi connectivity index (χ2v) is 11.6. The zero-order valence-electron chi connectivity index (χ0n) is 14.2. The van der Waals surface area contributed by atoms with Crippen LogP contribution in [0.25, 0.3) is 0 Å². The van der Waals surface area contributed by atoms with E-state index < -0.39 is 38.0 Å². The Morgan fingerprint density at radius 1 is 1.05 bits per heavy atom. The number of fused-ring (bicyclic) bond motifs is 1. The number of hydrogen-bond acceptors (Lipinski definition) is 5. The lowest BCUT2D eigenvalue weighted by Gasteiger charge is -2.29. The zero-order chi connectivity index (χ0) is 16.6. The van der Waals surface area contributed by atoms with Gasteiger partial charge >= 0.3 is 0 Å². The summed E-state index contributed by atoms with van der Waals surface area (Å²) in [4.78, 5) is 0. The lowest BCUT2D eigenvalue weighted by atomic mass is 9.97. The van der Waals surface area contributed by atoms with Crippen molar-refractivity contribution in [2.24, 2.45) is 0 Å². The van der Waals surface area contributed by atoms with Gasteiger partial charge in [-0.05, 0) is 32.0 Å². The van der Waals surface area contributed by atoms with Crippen LogP contribution >= 0.6 is 0 Å². The van der Waals surface area contributed by atoms with Gasteiger partial charge in [0.05, 0.1) is 6.61 Å². The number of rotatable bonds is 4. The highest BCUT2D eigenvalue weighted by Crippen LogP contribution is 2.42. The van der Waals surface area contributed by atoms with Gasteiger partial charge < -0.3 is 24.4 Å². The third-order valence-corrected chi connectivity index (χ3v) is 9.72. The standard InChI is InChI=1S/C16H28O5Si/c1-6-22(7-2,8-3)10-9-16(11-17)13(18)12-14(21-16)20-15(4,5)19-12/h12-14,17-18H,6-8,11H2,1-5H3/t12?,13-,14-,16-/m1/s1. The Kier molecular flexibility index (Phi) is 5.08. The second-order valence-electron chi connectivity index (χ2n) is 6.67. The van der Waals surface area contributed by atoms with Crippen molar-refractivity contribution in [3.63, 3.8) is 0 Å². The molecule has 2 aliphatic rings. The molecule has 0 aliphatic carbocycles. The van der Waals surface area contributed by atoms with Crippen molar-refractivity contribution >= 4 is 8.07 Å². The van der Waals surface area contributed by atoms with Crippen molar-refractivity contribution in [1.82, 2.24) is 0 Å². The van der Waals surface area contributed by atoms with E-state index in [1.165, 1.54) is 0 Å². The van der Waals surface area contributed by atoms with Crippen LogP contribution in [-0.2, 0) is 14.2 Å². The van der Waals surface area contributed by atoms with Crippen molar-refractivity contribution in [2.45, 2.75) is 82.6 Å². The number of aliphatic hydroxyl groups is 2. The van der Waals surface area contributed by atoms with Crippen LogP contribution in [0.15, 0.2) is 0 Å². The third kappa shape index (κ3) is 2.98. The quantitative estimate of drug-likeness (QED) is 0.606. The molecule has 0 aromatic carbocycles. The molecule has 126 valence electrons. The Morgan fingerprint density at radius 2 is 1.64 bits per heavy atom. The van der Waals surface area contributed by atoms with Gasteiger partial charge in [-0.15, -0.1) is 5.54 Å². The van der Waals surface area contributed by atoms with Gasteiger partial charge in [-0.3, -0.25) is 0 Å². The average Bonchev–Trinajstić information content (AvgIpc) is 2.93. The van der Waals surface area contributed by atoms with Crippen LogP contribution in [0.1, 0.15) is 34.6 Å². The molecule has 0 bridgehead atoms. The molecule has 5 nitrogen and oxygen atoms in total. The topological polar surface area (TPSA) is 68.2 Å². The summed E-state index contributed by atoms with van der Waals surface area (Å²) >= 11 is 0. The predicted molar refractivity (Wildman–Crippen MR) is 85.7 cm³/mol. The molecule has 2 aliphatic heterocycles. The summed E-state index contributed by atoms with van der Waals surface area (Å²) < 4.78 is 17.1. The third-order valence-electron chi connectivity index (χ3n) is 5.01. The van der Waals surface area contributed by atoms with Crippen LogP contribution < -0.4 is 0 Å². The summed E-state index contributed by atoms with van der Waals surface area (Å²) in [5, 5.41) is 20.4. The van der Waals surface area contributed by atoms with E-state index in [0.717, 1.165) is 18.1 Å². The average molecular weight is 328 g/mol. The molecule has 0 radical (unpaired) electrons. The molecule has 0 saturated carbocycles. The van der Waals surface area contributed by atoms with E-state index in [-0.39, 0.29) is 6.61 Å². The Balaban J connectivity index is 2.26. The van der Waals surface area contributed by atoms with Crippen LogP contribution in [0, 0.1) is 11.5 Å². The van der Waals surface area contributed by atoms with Gasteiger partial charge in [0.25, 0.3) is 0 Å².